The first-order valence-corrected chi connectivity index (χ1v) is 13.5. The van der Waals surface area contributed by atoms with Crippen LogP contribution in [0.25, 0.3) is 0 Å². The molecule has 5 nitrogen and oxygen atoms in total. The Bertz CT molecular complexity index is 1180. The van der Waals surface area contributed by atoms with Gasteiger partial charge in [0.05, 0.1) is 13.0 Å². The number of likely N-dealkylation sites (tertiary alicyclic amines) is 1. The molecule has 2 fully saturated rings. The van der Waals surface area contributed by atoms with Crippen LogP contribution in [0.3, 0.4) is 0 Å². The fourth-order valence-electron chi connectivity index (χ4n) is 5.37. The molecule has 0 N–H and O–H groups in total. The van der Waals surface area contributed by atoms with Gasteiger partial charge in [0.25, 0.3) is 0 Å². The van der Waals surface area contributed by atoms with Crippen molar-refractivity contribution in [2.45, 2.75) is 37.9 Å². The molecule has 2 aliphatic heterocycles. The molecule has 2 saturated heterocycles. The van der Waals surface area contributed by atoms with E-state index in [1.165, 1.54) is 19.3 Å². The largest absolute Gasteiger partial charge is 0.493 e. The maximum absolute atomic E-state index is 13.3. The molecular formula is C30H32BrNO4. The predicted molar refractivity (Wildman–Crippen MR) is 143 cm³/mol. The number of halogens is 1. The van der Waals surface area contributed by atoms with E-state index < -0.39 is 6.10 Å². The van der Waals surface area contributed by atoms with Gasteiger partial charge in [0.2, 0.25) is 0 Å². The second kappa shape index (κ2) is 11.5. The number of esters is 1. The summed E-state index contributed by atoms with van der Waals surface area (Å²) in [4.78, 5) is 15.7. The fourth-order valence-corrected chi connectivity index (χ4v) is 5.92. The minimum Gasteiger partial charge on any atom is -0.493 e. The molecular weight excluding hydrogens is 518 g/mol. The first-order chi connectivity index (χ1) is 17.6. The third kappa shape index (κ3) is 5.45. The van der Waals surface area contributed by atoms with E-state index >= 15 is 0 Å². The number of benzene rings is 3. The second-order valence-electron chi connectivity index (χ2n) is 9.56. The van der Waals surface area contributed by atoms with Crippen molar-refractivity contribution in [1.29, 1.82) is 0 Å². The summed E-state index contributed by atoms with van der Waals surface area (Å²) in [5.74, 6) is 0.832. The molecule has 0 saturated carbocycles. The van der Waals surface area contributed by atoms with Gasteiger partial charge in [-0.2, -0.15) is 0 Å². The Balaban J connectivity index is 1.43. The van der Waals surface area contributed by atoms with Crippen LogP contribution in [0.15, 0.2) is 77.3 Å². The summed E-state index contributed by atoms with van der Waals surface area (Å²) in [7, 11) is 1.64. The lowest BCUT2D eigenvalue weighted by molar-refractivity contribution is -0.145. The van der Waals surface area contributed by atoms with E-state index in [-0.39, 0.29) is 17.8 Å². The van der Waals surface area contributed by atoms with Crippen LogP contribution >= 0.6 is 15.9 Å². The molecule has 2 heterocycles. The lowest BCUT2D eigenvalue weighted by Gasteiger charge is -2.30. The van der Waals surface area contributed by atoms with Crippen LogP contribution in [-0.2, 0) is 16.1 Å². The minimum atomic E-state index is -0.400. The van der Waals surface area contributed by atoms with Crippen LogP contribution in [-0.4, -0.2) is 37.6 Å². The van der Waals surface area contributed by atoms with Gasteiger partial charge in [-0.25, -0.2) is 0 Å². The lowest BCUT2D eigenvalue weighted by atomic mass is 9.81. The van der Waals surface area contributed by atoms with Crippen molar-refractivity contribution >= 4 is 21.9 Å². The third-order valence-corrected chi connectivity index (χ3v) is 7.95. The number of ether oxygens (including phenoxy) is 3. The van der Waals surface area contributed by atoms with Crippen LogP contribution in [0.5, 0.6) is 11.5 Å². The lowest BCUT2D eigenvalue weighted by Crippen LogP contribution is -2.37. The summed E-state index contributed by atoms with van der Waals surface area (Å²) in [5, 5.41) is 0. The maximum atomic E-state index is 13.3. The minimum absolute atomic E-state index is 0.101. The molecule has 0 bridgehead atoms. The van der Waals surface area contributed by atoms with Gasteiger partial charge in [-0.1, -0.05) is 76.9 Å². The van der Waals surface area contributed by atoms with Crippen LogP contribution in [0.1, 0.15) is 48.0 Å². The molecule has 3 aromatic rings. The number of rotatable bonds is 8. The number of hydrogen-bond acceptors (Lipinski definition) is 5. The fraction of sp³-hybridized carbons (Fsp3) is 0.367. The van der Waals surface area contributed by atoms with Crippen LogP contribution < -0.4 is 9.47 Å². The Hall–Kier alpha value is -2.83. The monoisotopic (exact) mass is 549 g/mol. The quantitative estimate of drug-likeness (QED) is 0.299. The summed E-state index contributed by atoms with van der Waals surface area (Å²) < 4.78 is 18.9. The number of carbonyl (C=O) groups excluding carboxylic acids is 1. The Morgan fingerprint density at radius 1 is 0.944 bits per heavy atom. The second-order valence-corrected chi connectivity index (χ2v) is 10.4. The standard InChI is InChI=1S/C30H32BrNO4/c1-34-27-18-22(14-15-26(27)35-20-21-10-4-2-5-11-21)29-28(23-12-6-7-13-25(23)31)24(30(33)36-29)19-32-16-8-3-9-17-32/h2,4-7,10-15,18,24,28-29H,3,8-9,16-17,19-20H2,1H3/t24-,28-,29-/m0/s1. The molecule has 2 aliphatic rings. The highest BCUT2D eigenvalue weighted by atomic mass is 79.9. The van der Waals surface area contributed by atoms with Crippen molar-refractivity contribution < 1.29 is 19.0 Å². The van der Waals surface area contributed by atoms with Gasteiger partial charge in [-0.15, -0.1) is 0 Å². The Morgan fingerprint density at radius 2 is 1.69 bits per heavy atom. The molecule has 0 spiro atoms. The summed E-state index contributed by atoms with van der Waals surface area (Å²) in [6.45, 7) is 3.25. The van der Waals surface area contributed by atoms with E-state index in [0.29, 0.717) is 18.1 Å². The Morgan fingerprint density at radius 3 is 2.44 bits per heavy atom. The van der Waals surface area contributed by atoms with Crippen molar-refractivity contribution in [2.75, 3.05) is 26.7 Å². The number of cyclic esters (lactones) is 1. The number of methoxy groups -OCH3 is 1. The normalized spacial score (nSPS) is 22.3. The SMILES string of the molecule is COc1cc([C@@H]2OC(=O)[C@@H](CN3CCCCC3)[C@@H]2c2ccccc2Br)ccc1OCc1ccccc1. The number of nitrogens with zero attached hydrogens (tertiary/aromatic N) is 1. The van der Waals surface area contributed by atoms with Gasteiger partial charge < -0.3 is 19.1 Å². The van der Waals surface area contributed by atoms with Crippen LogP contribution in [0, 0.1) is 5.92 Å². The summed E-state index contributed by atoms with van der Waals surface area (Å²) >= 11 is 3.74. The molecule has 0 aromatic heterocycles. The molecule has 36 heavy (non-hydrogen) atoms. The molecule has 5 rings (SSSR count). The average molecular weight is 550 g/mol. The topological polar surface area (TPSA) is 48.0 Å². The van der Waals surface area contributed by atoms with Crippen molar-refractivity contribution in [2.24, 2.45) is 5.92 Å². The first-order valence-electron chi connectivity index (χ1n) is 12.7. The molecule has 0 amide bonds. The molecule has 188 valence electrons. The third-order valence-electron chi connectivity index (χ3n) is 7.23. The highest BCUT2D eigenvalue weighted by Gasteiger charge is 2.47. The smallest absolute Gasteiger partial charge is 0.311 e. The molecule has 3 atom stereocenters. The highest BCUT2D eigenvalue weighted by Crippen LogP contribution is 2.49. The van der Waals surface area contributed by atoms with Gasteiger partial charge >= 0.3 is 5.97 Å². The van der Waals surface area contributed by atoms with Gasteiger partial charge in [-0.05, 0) is 60.8 Å². The van der Waals surface area contributed by atoms with E-state index in [1.807, 2.05) is 66.7 Å². The zero-order chi connectivity index (χ0) is 24.9. The van der Waals surface area contributed by atoms with Crippen molar-refractivity contribution in [3.63, 3.8) is 0 Å². The average Bonchev–Trinajstić information content (AvgIpc) is 3.24. The Kier molecular flexibility index (Phi) is 7.93. The van der Waals surface area contributed by atoms with Crippen LogP contribution in [0.2, 0.25) is 0 Å². The van der Waals surface area contributed by atoms with E-state index in [4.69, 9.17) is 14.2 Å². The first kappa shape index (κ1) is 24.8. The van der Waals surface area contributed by atoms with Gasteiger partial charge in [0, 0.05) is 16.9 Å². The van der Waals surface area contributed by atoms with Crippen molar-refractivity contribution in [3.05, 3.63) is 94.0 Å². The summed E-state index contributed by atoms with van der Waals surface area (Å²) in [5.41, 5.74) is 3.09. The van der Waals surface area contributed by atoms with E-state index in [9.17, 15) is 4.79 Å². The molecule has 0 aliphatic carbocycles. The van der Waals surface area contributed by atoms with Crippen molar-refractivity contribution in [1.82, 2.24) is 4.90 Å². The molecule has 6 heteroatoms. The Labute approximate surface area is 221 Å². The molecule has 0 unspecified atom stereocenters. The number of piperidine rings is 1. The summed E-state index contributed by atoms with van der Waals surface area (Å²) in [6.07, 6.45) is 3.24. The highest BCUT2D eigenvalue weighted by molar-refractivity contribution is 9.10. The van der Waals surface area contributed by atoms with Crippen LogP contribution in [0.4, 0.5) is 0 Å². The van der Waals surface area contributed by atoms with Crippen molar-refractivity contribution in [3.8, 4) is 11.5 Å². The number of hydrogen-bond donors (Lipinski definition) is 0. The van der Waals surface area contributed by atoms with Gasteiger partial charge in [0.15, 0.2) is 11.5 Å². The molecule has 0 radical (unpaired) electrons. The van der Waals surface area contributed by atoms with E-state index in [2.05, 4.69) is 26.9 Å². The zero-order valence-corrected chi connectivity index (χ0v) is 22.2. The predicted octanol–water partition coefficient (Wildman–Crippen LogP) is 6.52. The zero-order valence-electron chi connectivity index (χ0n) is 20.6. The van der Waals surface area contributed by atoms with Gasteiger partial charge in [-0.3, -0.25) is 4.79 Å². The van der Waals surface area contributed by atoms with E-state index in [1.54, 1.807) is 7.11 Å². The van der Waals surface area contributed by atoms with Gasteiger partial charge in [0.1, 0.15) is 12.7 Å². The summed E-state index contributed by atoms with van der Waals surface area (Å²) in [6, 6.07) is 24.1. The molecule has 3 aromatic carbocycles. The maximum Gasteiger partial charge on any atom is 0.311 e. The number of carbonyl (C=O) groups is 1. The van der Waals surface area contributed by atoms with E-state index in [0.717, 1.165) is 40.8 Å².